The lowest BCUT2D eigenvalue weighted by Crippen LogP contribution is -2.20. The Morgan fingerprint density at radius 3 is 3.12 bits per heavy atom. The van der Waals surface area contributed by atoms with Gasteiger partial charge >= 0.3 is 5.97 Å². The van der Waals surface area contributed by atoms with E-state index in [0.717, 1.165) is 12.0 Å². The summed E-state index contributed by atoms with van der Waals surface area (Å²) in [5.41, 5.74) is 2.41. The van der Waals surface area contributed by atoms with Crippen LogP contribution in [0.15, 0.2) is 29.3 Å². The smallest absolute Gasteiger partial charge is 0.307 e. The number of fused-ring (bicyclic) bond motifs is 1. The van der Waals surface area contributed by atoms with Crippen molar-refractivity contribution in [2.24, 2.45) is 4.99 Å². The Kier molecular flexibility index (Phi) is 3.34. The minimum Gasteiger partial charge on any atom is -0.466 e. The Morgan fingerprint density at radius 1 is 1.50 bits per heavy atom. The number of ether oxygens (including phenoxy) is 1. The van der Waals surface area contributed by atoms with Crippen LogP contribution in [0.3, 0.4) is 0 Å². The summed E-state index contributed by atoms with van der Waals surface area (Å²) in [6, 6.07) is 8.17. The molecule has 1 aromatic carbocycles. The second-order valence-corrected chi connectivity index (χ2v) is 3.84. The fourth-order valence-electron chi connectivity index (χ4n) is 1.88. The zero-order valence-corrected chi connectivity index (χ0v) is 9.35. The SMILES string of the molecule is CCOC(=O)CC1Cc2ccccc2C=N1. The molecule has 2 rings (SSSR count). The molecule has 0 saturated heterocycles. The highest BCUT2D eigenvalue weighted by Gasteiger charge is 2.18. The van der Waals surface area contributed by atoms with Gasteiger partial charge in [0.1, 0.15) is 0 Å². The predicted octanol–water partition coefficient (Wildman–Crippen LogP) is 1.98. The summed E-state index contributed by atoms with van der Waals surface area (Å²) < 4.78 is 4.92. The first-order valence-corrected chi connectivity index (χ1v) is 5.56. The van der Waals surface area contributed by atoms with Crippen molar-refractivity contribution in [1.29, 1.82) is 0 Å². The van der Waals surface area contributed by atoms with E-state index in [1.165, 1.54) is 5.56 Å². The number of carbonyl (C=O) groups is 1. The van der Waals surface area contributed by atoms with Crippen molar-refractivity contribution < 1.29 is 9.53 Å². The summed E-state index contributed by atoms with van der Waals surface area (Å²) in [5, 5.41) is 0. The summed E-state index contributed by atoms with van der Waals surface area (Å²) in [5.74, 6) is -0.163. The third-order valence-electron chi connectivity index (χ3n) is 2.64. The molecule has 16 heavy (non-hydrogen) atoms. The van der Waals surface area contributed by atoms with Crippen LogP contribution in [0.1, 0.15) is 24.5 Å². The molecule has 1 aliphatic rings. The topological polar surface area (TPSA) is 38.7 Å². The molecule has 0 N–H and O–H groups in total. The highest BCUT2D eigenvalue weighted by molar-refractivity contribution is 5.83. The molecule has 1 unspecified atom stereocenters. The monoisotopic (exact) mass is 217 g/mol. The highest BCUT2D eigenvalue weighted by atomic mass is 16.5. The van der Waals surface area contributed by atoms with Gasteiger partial charge in [-0.1, -0.05) is 24.3 Å². The van der Waals surface area contributed by atoms with E-state index in [9.17, 15) is 4.79 Å². The second-order valence-electron chi connectivity index (χ2n) is 3.84. The summed E-state index contributed by atoms with van der Waals surface area (Å²) in [6.45, 7) is 2.25. The van der Waals surface area contributed by atoms with Crippen molar-refractivity contribution >= 4 is 12.2 Å². The number of hydrogen-bond donors (Lipinski definition) is 0. The molecule has 0 fully saturated rings. The average Bonchev–Trinajstić information content (AvgIpc) is 2.29. The lowest BCUT2D eigenvalue weighted by Gasteiger charge is -2.17. The van der Waals surface area contributed by atoms with Gasteiger partial charge in [-0.25, -0.2) is 0 Å². The van der Waals surface area contributed by atoms with Crippen LogP contribution < -0.4 is 0 Å². The third kappa shape index (κ3) is 2.48. The quantitative estimate of drug-likeness (QED) is 0.726. The van der Waals surface area contributed by atoms with Gasteiger partial charge in [0.25, 0.3) is 0 Å². The van der Waals surface area contributed by atoms with E-state index in [-0.39, 0.29) is 12.0 Å². The molecule has 0 spiro atoms. The normalized spacial score (nSPS) is 17.9. The van der Waals surface area contributed by atoms with E-state index in [1.807, 2.05) is 31.3 Å². The largest absolute Gasteiger partial charge is 0.466 e. The Morgan fingerprint density at radius 2 is 2.31 bits per heavy atom. The van der Waals surface area contributed by atoms with Crippen molar-refractivity contribution in [2.45, 2.75) is 25.8 Å². The molecule has 84 valence electrons. The zero-order valence-electron chi connectivity index (χ0n) is 9.35. The van der Waals surface area contributed by atoms with Crippen LogP contribution >= 0.6 is 0 Å². The maximum atomic E-state index is 11.3. The van der Waals surface area contributed by atoms with E-state index in [0.29, 0.717) is 13.0 Å². The molecule has 0 bridgehead atoms. The standard InChI is InChI=1S/C13H15NO2/c1-2-16-13(15)8-12-7-10-5-3-4-6-11(10)9-14-12/h3-6,9,12H,2,7-8H2,1H3. The van der Waals surface area contributed by atoms with Crippen LogP contribution in [0.4, 0.5) is 0 Å². The maximum Gasteiger partial charge on any atom is 0.307 e. The first-order valence-electron chi connectivity index (χ1n) is 5.56. The molecule has 0 saturated carbocycles. The van der Waals surface area contributed by atoms with Gasteiger partial charge < -0.3 is 4.74 Å². The Labute approximate surface area is 95.2 Å². The summed E-state index contributed by atoms with van der Waals surface area (Å²) in [6.07, 6.45) is 3.05. The molecule has 0 amide bonds. The number of nitrogens with zero attached hydrogens (tertiary/aromatic N) is 1. The molecule has 0 aromatic heterocycles. The van der Waals surface area contributed by atoms with Gasteiger partial charge in [0.2, 0.25) is 0 Å². The van der Waals surface area contributed by atoms with Gasteiger partial charge in [-0.3, -0.25) is 9.79 Å². The Balaban J connectivity index is 2.01. The fourth-order valence-corrected chi connectivity index (χ4v) is 1.88. The van der Waals surface area contributed by atoms with Crippen molar-refractivity contribution in [1.82, 2.24) is 0 Å². The number of aliphatic imine (C=N–C) groups is 1. The maximum absolute atomic E-state index is 11.3. The molecule has 3 heteroatoms. The summed E-state index contributed by atoms with van der Waals surface area (Å²) >= 11 is 0. The van der Waals surface area contributed by atoms with Crippen molar-refractivity contribution in [3.63, 3.8) is 0 Å². The molecule has 1 heterocycles. The Hall–Kier alpha value is -1.64. The predicted molar refractivity (Wildman–Crippen MR) is 62.8 cm³/mol. The van der Waals surface area contributed by atoms with E-state index in [4.69, 9.17) is 4.74 Å². The molecule has 1 atom stereocenters. The van der Waals surface area contributed by atoms with Crippen molar-refractivity contribution in [3.05, 3.63) is 35.4 Å². The van der Waals surface area contributed by atoms with Gasteiger partial charge in [0.05, 0.1) is 19.1 Å². The minimum atomic E-state index is -0.163. The van der Waals surface area contributed by atoms with Crippen LogP contribution in [0.5, 0.6) is 0 Å². The zero-order chi connectivity index (χ0) is 11.4. The van der Waals surface area contributed by atoms with Crippen molar-refractivity contribution in [2.75, 3.05) is 6.61 Å². The molecule has 1 aromatic rings. The van der Waals surface area contributed by atoms with Gasteiger partial charge in [-0.15, -0.1) is 0 Å². The molecule has 0 aliphatic carbocycles. The van der Waals surface area contributed by atoms with Gasteiger partial charge in [0.15, 0.2) is 0 Å². The van der Waals surface area contributed by atoms with Crippen molar-refractivity contribution in [3.8, 4) is 0 Å². The van der Waals surface area contributed by atoms with Gasteiger partial charge in [0, 0.05) is 6.21 Å². The van der Waals surface area contributed by atoms with Crippen LogP contribution in [-0.4, -0.2) is 24.8 Å². The molecule has 3 nitrogen and oxygen atoms in total. The Bertz CT molecular complexity index is 412. The fraction of sp³-hybridized carbons (Fsp3) is 0.385. The van der Waals surface area contributed by atoms with Crippen LogP contribution in [0.25, 0.3) is 0 Å². The van der Waals surface area contributed by atoms with Crippen LogP contribution in [0.2, 0.25) is 0 Å². The van der Waals surface area contributed by atoms with Crippen LogP contribution in [0, 0.1) is 0 Å². The lowest BCUT2D eigenvalue weighted by atomic mass is 9.96. The van der Waals surface area contributed by atoms with Gasteiger partial charge in [-0.05, 0) is 24.5 Å². The second kappa shape index (κ2) is 4.92. The number of carbonyl (C=O) groups excluding carboxylic acids is 1. The molecule has 1 aliphatic heterocycles. The number of rotatable bonds is 3. The average molecular weight is 217 g/mol. The van der Waals surface area contributed by atoms with Gasteiger partial charge in [-0.2, -0.15) is 0 Å². The first kappa shape index (κ1) is 10.9. The molecule has 0 radical (unpaired) electrons. The summed E-state index contributed by atoms with van der Waals surface area (Å²) in [4.78, 5) is 15.7. The molecular weight excluding hydrogens is 202 g/mol. The number of benzene rings is 1. The number of hydrogen-bond acceptors (Lipinski definition) is 3. The van der Waals surface area contributed by atoms with E-state index in [2.05, 4.69) is 11.1 Å². The van der Waals surface area contributed by atoms with Crippen LogP contribution in [-0.2, 0) is 16.0 Å². The highest BCUT2D eigenvalue weighted by Crippen LogP contribution is 2.17. The lowest BCUT2D eigenvalue weighted by molar-refractivity contribution is -0.143. The molecular formula is C13H15NO2. The summed E-state index contributed by atoms with van der Waals surface area (Å²) in [7, 11) is 0. The third-order valence-corrected chi connectivity index (χ3v) is 2.64. The first-order chi connectivity index (χ1) is 7.79. The van der Waals surface area contributed by atoms with E-state index < -0.39 is 0 Å². The number of esters is 1. The van der Waals surface area contributed by atoms with E-state index >= 15 is 0 Å². The van der Waals surface area contributed by atoms with E-state index in [1.54, 1.807) is 0 Å². The minimum absolute atomic E-state index is 0.0361.